The summed E-state index contributed by atoms with van der Waals surface area (Å²) in [6.07, 6.45) is 2.09. The first kappa shape index (κ1) is 17.2. The SMILES string of the molecule is CCNC(=O)NC(=O)CN1CCC(NC)CC1.Cl. The smallest absolute Gasteiger partial charge is 0.321 e. The molecule has 0 aromatic heterocycles. The van der Waals surface area contributed by atoms with Crippen LogP contribution in [0.3, 0.4) is 0 Å². The highest BCUT2D eigenvalue weighted by atomic mass is 35.5. The molecule has 0 aliphatic carbocycles. The minimum absolute atomic E-state index is 0. The number of amides is 3. The molecule has 18 heavy (non-hydrogen) atoms. The molecule has 1 heterocycles. The van der Waals surface area contributed by atoms with Crippen molar-refractivity contribution >= 4 is 24.3 Å². The van der Waals surface area contributed by atoms with Crippen LogP contribution in [0.25, 0.3) is 0 Å². The van der Waals surface area contributed by atoms with Crippen LogP contribution in [0.1, 0.15) is 19.8 Å². The highest BCUT2D eigenvalue weighted by Gasteiger charge is 2.19. The third-order valence-corrected chi connectivity index (χ3v) is 2.95. The molecule has 1 fully saturated rings. The monoisotopic (exact) mass is 278 g/mol. The molecular weight excluding hydrogens is 256 g/mol. The van der Waals surface area contributed by atoms with Gasteiger partial charge in [0.25, 0.3) is 0 Å². The van der Waals surface area contributed by atoms with Crippen LogP contribution in [0, 0.1) is 0 Å². The van der Waals surface area contributed by atoms with Gasteiger partial charge in [-0.3, -0.25) is 15.0 Å². The Labute approximate surface area is 114 Å². The lowest BCUT2D eigenvalue weighted by atomic mass is 10.1. The summed E-state index contributed by atoms with van der Waals surface area (Å²) in [7, 11) is 1.96. The maximum absolute atomic E-state index is 11.5. The molecule has 0 spiro atoms. The van der Waals surface area contributed by atoms with Gasteiger partial charge in [0.05, 0.1) is 6.54 Å². The van der Waals surface area contributed by atoms with Crippen molar-refractivity contribution in [3.8, 4) is 0 Å². The Morgan fingerprint density at radius 3 is 2.39 bits per heavy atom. The largest absolute Gasteiger partial charge is 0.338 e. The first-order valence-corrected chi connectivity index (χ1v) is 6.13. The van der Waals surface area contributed by atoms with E-state index in [2.05, 4.69) is 20.9 Å². The van der Waals surface area contributed by atoms with Gasteiger partial charge in [0.2, 0.25) is 5.91 Å². The number of rotatable bonds is 4. The summed E-state index contributed by atoms with van der Waals surface area (Å²) in [4.78, 5) is 24.7. The number of likely N-dealkylation sites (tertiary alicyclic amines) is 1. The quantitative estimate of drug-likeness (QED) is 0.674. The summed E-state index contributed by atoms with van der Waals surface area (Å²) >= 11 is 0. The number of piperidine rings is 1. The lowest BCUT2D eigenvalue weighted by Gasteiger charge is -2.31. The molecule has 1 saturated heterocycles. The van der Waals surface area contributed by atoms with Crippen LogP contribution in [0.4, 0.5) is 4.79 Å². The normalized spacial score (nSPS) is 16.8. The standard InChI is InChI=1S/C11H22N4O2.ClH/c1-3-13-11(17)14-10(16)8-15-6-4-9(12-2)5-7-15;/h9,12H,3-8H2,1-2H3,(H2,13,14,16,17);1H. The van der Waals surface area contributed by atoms with E-state index in [1.165, 1.54) is 0 Å². The van der Waals surface area contributed by atoms with Crippen LogP contribution in [-0.2, 0) is 4.79 Å². The topological polar surface area (TPSA) is 73.5 Å². The maximum Gasteiger partial charge on any atom is 0.321 e. The second kappa shape index (κ2) is 9.13. The third-order valence-electron chi connectivity index (χ3n) is 2.95. The summed E-state index contributed by atoms with van der Waals surface area (Å²) in [6, 6.07) is 0.139. The molecule has 0 saturated carbocycles. The molecule has 0 aromatic carbocycles. The van der Waals surface area contributed by atoms with Gasteiger partial charge in [-0.1, -0.05) is 0 Å². The van der Waals surface area contributed by atoms with Crippen molar-refractivity contribution < 1.29 is 9.59 Å². The van der Waals surface area contributed by atoms with Crippen LogP contribution in [0.2, 0.25) is 0 Å². The Morgan fingerprint density at radius 1 is 1.28 bits per heavy atom. The van der Waals surface area contributed by atoms with Gasteiger partial charge < -0.3 is 10.6 Å². The lowest BCUT2D eigenvalue weighted by molar-refractivity contribution is -0.121. The molecule has 7 heteroatoms. The fourth-order valence-corrected chi connectivity index (χ4v) is 1.95. The first-order chi connectivity index (χ1) is 8.15. The summed E-state index contributed by atoms with van der Waals surface area (Å²) in [5, 5.41) is 8.07. The Bertz CT molecular complexity index is 268. The van der Waals surface area contributed by atoms with E-state index >= 15 is 0 Å². The number of carbonyl (C=O) groups is 2. The zero-order chi connectivity index (χ0) is 12.7. The van der Waals surface area contributed by atoms with Gasteiger partial charge in [0, 0.05) is 25.7 Å². The second-order valence-corrected chi connectivity index (χ2v) is 4.25. The van der Waals surface area contributed by atoms with Gasteiger partial charge >= 0.3 is 6.03 Å². The van der Waals surface area contributed by atoms with Gasteiger partial charge in [-0.25, -0.2) is 4.79 Å². The Balaban J connectivity index is 0.00000289. The summed E-state index contributed by atoms with van der Waals surface area (Å²) in [5.41, 5.74) is 0. The van der Waals surface area contributed by atoms with Crippen molar-refractivity contribution in [2.75, 3.05) is 33.2 Å². The zero-order valence-corrected chi connectivity index (χ0v) is 11.8. The van der Waals surface area contributed by atoms with E-state index in [1.807, 2.05) is 14.0 Å². The molecule has 0 unspecified atom stereocenters. The number of nitrogens with one attached hydrogen (secondary N) is 3. The van der Waals surface area contributed by atoms with Crippen molar-refractivity contribution in [2.24, 2.45) is 0 Å². The van der Waals surface area contributed by atoms with E-state index in [9.17, 15) is 9.59 Å². The van der Waals surface area contributed by atoms with Crippen molar-refractivity contribution in [1.82, 2.24) is 20.9 Å². The number of hydrogen-bond donors (Lipinski definition) is 3. The highest BCUT2D eigenvalue weighted by Crippen LogP contribution is 2.08. The van der Waals surface area contributed by atoms with Gasteiger partial charge in [-0.2, -0.15) is 0 Å². The number of halogens is 1. The molecule has 3 N–H and O–H groups in total. The maximum atomic E-state index is 11.5. The van der Waals surface area contributed by atoms with E-state index in [1.54, 1.807) is 0 Å². The molecular formula is C11H23ClN4O2. The summed E-state index contributed by atoms with van der Waals surface area (Å²) < 4.78 is 0. The van der Waals surface area contributed by atoms with Gasteiger partial charge in [-0.05, 0) is 26.8 Å². The van der Waals surface area contributed by atoms with Gasteiger partial charge in [-0.15, -0.1) is 12.4 Å². The molecule has 0 radical (unpaired) electrons. The minimum Gasteiger partial charge on any atom is -0.338 e. The van der Waals surface area contributed by atoms with Gasteiger partial charge in [0.1, 0.15) is 0 Å². The lowest BCUT2D eigenvalue weighted by Crippen LogP contribution is -2.48. The van der Waals surface area contributed by atoms with E-state index in [4.69, 9.17) is 0 Å². The average Bonchev–Trinajstić information content (AvgIpc) is 2.30. The predicted molar refractivity (Wildman–Crippen MR) is 73.0 cm³/mol. The van der Waals surface area contributed by atoms with Crippen molar-refractivity contribution in [1.29, 1.82) is 0 Å². The second-order valence-electron chi connectivity index (χ2n) is 4.25. The van der Waals surface area contributed by atoms with Crippen LogP contribution in [-0.4, -0.2) is 56.1 Å². The molecule has 1 aliphatic heterocycles. The fourth-order valence-electron chi connectivity index (χ4n) is 1.95. The minimum atomic E-state index is -0.414. The summed E-state index contributed by atoms with van der Waals surface area (Å²) in [6.45, 7) is 4.43. The highest BCUT2D eigenvalue weighted by molar-refractivity contribution is 5.95. The van der Waals surface area contributed by atoms with E-state index in [0.717, 1.165) is 25.9 Å². The number of imide groups is 1. The molecule has 1 rings (SSSR count). The van der Waals surface area contributed by atoms with Crippen molar-refractivity contribution in [3.63, 3.8) is 0 Å². The van der Waals surface area contributed by atoms with Crippen LogP contribution >= 0.6 is 12.4 Å². The molecule has 0 aromatic rings. The molecule has 3 amide bonds. The Hall–Kier alpha value is -0.850. The van der Waals surface area contributed by atoms with E-state index in [-0.39, 0.29) is 18.3 Å². The van der Waals surface area contributed by atoms with Gasteiger partial charge in [0.15, 0.2) is 0 Å². The number of carbonyl (C=O) groups excluding carboxylic acids is 2. The molecule has 106 valence electrons. The number of hydrogen-bond acceptors (Lipinski definition) is 4. The van der Waals surface area contributed by atoms with Crippen molar-refractivity contribution in [2.45, 2.75) is 25.8 Å². The van der Waals surface area contributed by atoms with Crippen LogP contribution < -0.4 is 16.0 Å². The molecule has 0 bridgehead atoms. The van der Waals surface area contributed by atoms with Crippen LogP contribution in [0.5, 0.6) is 0 Å². The predicted octanol–water partition coefficient (Wildman–Crippen LogP) is -0.0623. The molecule has 1 aliphatic rings. The first-order valence-electron chi connectivity index (χ1n) is 6.13. The number of urea groups is 1. The fraction of sp³-hybridized carbons (Fsp3) is 0.818. The molecule has 0 atom stereocenters. The third kappa shape index (κ3) is 6.18. The average molecular weight is 279 g/mol. The Morgan fingerprint density at radius 2 is 1.89 bits per heavy atom. The van der Waals surface area contributed by atoms with E-state index in [0.29, 0.717) is 19.1 Å². The Kier molecular flexibility index (Phi) is 8.70. The zero-order valence-electron chi connectivity index (χ0n) is 11.0. The number of nitrogens with zero attached hydrogens (tertiary/aromatic N) is 1. The van der Waals surface area contributed by atoms with Crippen LogP contribution in [0.15, 0.2) is 0 Å². The molecule has 6 nitrogen and oxygen atoms in total. The summed E-state index contributed by atoms with van der Waals surface area (Å²) in [5.74, 6) is -0.237. The van der Waals surface area contributed by atoms with Crippen molar-refractivity contribution in [3.05, 3.63) is 0 Å². The van der Waals surface area contributed by atoms with E-state index < -0.39 is 6.03 Å².